The third-order valence-corrected chi connectivity index (χ3v) is 4.46. The standard InChI is InChI=1S/C18H26N2O5/c1-23-15-5-4-13(12-16(15)24-2)6-9-19-17(21)14-7-10-20(11-8-14)18(22)25-3/h4-5,12,14H,6-11H2,1-3H3,(H,19,21). The molecule has 2 rings (SSSR count). The Kier molecular flexibility index (Phi) is 6.91. The smallest absolute Gasteiger partial charge is 0.409 e. The van der Waals surface area contributed by atoms with Crippen molar-refractivity contribution in [3.05, 3.63) is 23.8 Å². The van der Waals surface area contributed by atoms with E-state index in [-0.39, 0.29) is 17.9 Å². The summed E-state index contributed by atoms with van der Waals surface area (Å²) in [7, 11) is 4.57. The number of ether oxygens (including phenoxy) is 3. The van der Waals surface area contributed by atoms with Crippen molar-refractivity contribution in [3.8, 4) is 11.5 Å². The first-order valence-corrected chi connectivity index (χ1v) is 8.40. The molecule has 1 saturated heterocycles. The molecule has 1 fully saturated rings. The van der Waals surface area contributed by atoms with E-state index in [1.807, 2.05) is 18.2 Å². The number of hydrogen-bond acceptors (Lipinski definition) is 5. The van der Waals surface area contributed by atoms with E-state index < -0.39 is 0 Å². The number of carbonyl (C=O) groups excluding carboxylic acids is 2. The fraction of sp³-hybridized carbons (Fsp3) is 0.556. The lowest BCUT2D eigenvalue weighted by atomic mass is 9.96. The zero-order valence-corrected chi connectivity index (χ0v) is 15.0. The number of nitrogens with one attached hydrogen (secondary N) is 1. The molecule has 1 aromatic rings. The van der Waals surface area contributed by atoms with Gasteiger partial charge in [0.15, 0.2) is 11.5 Å². The Morgan fingerprint density at radius 1 is 1.12 bits per heavy atom. The highest BCUT2D eigenvalue weighted by Crippen LogP contribution is 2.27. The van der Waals surface area contributed by atoms with Crippen LogP contribution in [-0.2, 0) is 16.0 Å². The number of hydrogen-bond donors (Lipinski definition) is 1. The number of amides is 2. The molecule has 7 heteroatoms. The molecular weight excluding hydrogens is 324 g/mol. The SMILES string of the molecule is COC(=O)N1CCC(C(=O)NCCc2ccc(OC)c(OC)c2)CC1. The topological polar surface area (TPSA) is 77.1 Å². The number of rotatable bonds is 6. The van der Waals surface area contributed by atoms with Crippen LogP contribution in [-0.4, -0.2) is 57.9 Å². The highest BCUT2D eigenvalue weighted by atomic mass is 16.5. The highest BCUT2D eigenvalue weighted by molar-refractivity contribution is 5.79. The molecule has 0 saturated carbocycles. The summed E-state index contributed by atoms with van der Waals surface area (Å²) in [6.07, 6.45) is 1.72. The molecule has 1 aromatic carbocycles. The first-order valence-electron chi connectivity index (χ1n) is 8.40. The van der Waals surface area contributed by atoms with Gasteiger partial charge in [0.05, 0.1) is 21.3 Å². The van der Waals surface area contributed by atoms with E-state index in [1.54, 1.807) is 19.1 Å². The average molecular weight is 350 g/mol. The zero-order chi connectivity index (χ0) is 18.2. The van der Waals surface area contributed by atoms with Gasteiger partial charge in [-0.05, 0) is 37.0 Å². The largest absolute Gasteiger partial charge is 0.493 e. The van der Waals surface area contributed by atoms with E-state index in [9.17, 15) is 9.59 Å². The maximum absolute atomic E-state index is 12.3. The van der Waals surface area contributed by atoms with Gasteiger partial charge in [-0.15, -0.1) is 0 Å². The van der Waals surface area contributed by atoms with Gasteiger partial charge in [-0.3, -0.25) is 4.79 Å². The van der Waals surface area contributed by atoms with Crippen molar-refractivity contribution in [3.63, 3.8) is 0 Å². The molecule has 0 spiro atoms. The van der Waals surface area contributed by atoms with Crippen LogP contribution < -0.4 is 14.8 Å². The van der Waals surface area contributed by atoms with Crippen molar-refractivity contribution in [2.45, 2.75) is 19.3 Å². The quantitative estimate of drug-likeness (QED) is 0.847. The van der Waals surface area contributed by atoms with Crippen LogP contribution in [0.25, 0.3) is 0 Å². The molecular formula is C18H26N2O5. The lowest BCUT2D eigenvalue weighted by molar-refractivity contribution is -0.126. The second-order valence-corrected chi connectivity index (χ2v) is 5.96. The minimum Gasteiger partial charge on any atom is -0.493 e. The number of methoxy groups -OCH3 is 3. The van der Waals surface area contributed by atoms with Crippen LogP contribution in [0.5, 0.6) is 11.5 Å². The summed E-state index contributed by atoms with van der Waals surface area (Å²) in [5.41, 5.74) is 1.07. The monoisotopic (exact) mass is 350 g/mol. The number of nitrogens with zero attached hydrogens (tertiary/aromatic N) is 1. The lowest BCUT2D eigenvalue weighted by Gasteiger charge is -2.30. The maximum Gasteiger partial charge on any atom is 0.409 e. The number of benzene rings is 1. The lowest BCUT2D eigenvalue weighted by Crippen LogP contribution is -2.43. The number of carbonyl (C=O) groups is 2. The zero-order valence-electron chi connectivity index (χ0n) is 15.0. The Bertz CT molecular complexity index is 597. The third-order valence-electron chi connectivity index (χ3n) is 4.46. The minimum absolute atomic E-state index is 0.0463. The third kappa shape index (κ3) is 5.01. The Labute approximate surface area is 148 Å². The highest BCUT2D eigenvalue weighted by Gasteiger charge is 2.27. The van der Waals surface area contributed by atoms with E-state index in [0.717, 1.165) is 5.56 Å². The summed E-state index contributed by atoms with van der Waals surface area (Å²) in [6, 6.07) is 5.74. The normalized spacial score (nSPS) is 14.8. The van der Waals surface area contributed by atoms with Crippen LogP contribution in [0, 0.1) is 5.92 Å². The molecule has 0 unspecified atom stereocenters. The van der Waals surface area contributed by atoms with E-state index in [0.29, 0.717) is 50.4 Å². The predicted octanol–water partition coefficient (Wildman–Crippen LogP) is 1.84. The molecule has 0 radical (unpaired) electrons. The molecule has 7 nitrogen and oxygen atoms in total. The summed E-state index contributed by atoms with van der Waals surface area (Å²) in [4.78, 5) is 25.4. The van der Waals surface area contributed by atoms with Gasteiger partial charge < -0.3 is 24.4 Å². The predicted molar refractivity (Wildman–Crippen MR) is 93.0 cm³/mol. The van der Waals surface area contributed by atoms with E-state index >= 15 is 0 Å². The van der Waals surface area contributed by atoms with Crippen molar-refractivity contribution < 1.29 is 23.8 Å². The Morgan fingerprint density at radius 3 is 2.40 bits per heavy atom. The van der Waals surface area contributed by atoms with Gasteiger partial charge in [0.2, 0.25) is 5.91 Å². The second kappa shape index (κ2) is 9.15. The van der Waals surface area contributed by atoms with E-state index in [1.165, 1.54) is 7.11 Å². The number of piperidine rings is 1. The molecule has 138 valence electrons. The fourth-order valence-electron chi connectivity index (χ4n) is 2.96. The van der Waals surface area contributed by atoms with Crippen LogP contribution in [0.15, 0.2) is 18.2 Å². The molecule has 1 heterocycles. The van der Waals surface area contributed by atoms with Crippen LogP contribution in [0.4, 0.5) is 4.79 Å². The molecule has 0 bridgehead atoms. The fourth-order valence-corrected chi connectivity index (χ4v) is 2.96. The molecule has 2 amide bonds. The molecule has 1 aliphatic rings. The molecule has 25 heavy (non-hydrogen) atoms. The van der Waals surface area contributed by atoms with Crippen molar-refractivity contribution in [1.29, 1.82) is 0 Å². The molecule has 1 N–H and O–H groups in total. The van der Waals surface area contributed by atoms with Crippen molar-refractivity contribution in [2.24, 2.45) is 5.92 Å². The Hall–Kier alpha value is -2.44. The summed E-state index contributed by atoms with van der Waals surface area (Å²) >= 11 is 0. The van der Waals surface area contributed by atoms with Gasteiger partial charge in [0, 0.05) is 25.6 Å². The van der Waals surface area contributed by atoms with Crippen molar-refractivity contribution in [2.75, 3.05) is 41.0 Å². The Balaban J connectivity index is 1.77. The van der Waals surface area contributed by atoms with Crippen LogP contribution in [0.3, 0.4) is 0 Å². The second-order valence-electron chi connectivity index (χ2n) is 5.96. The molecule has 0 atom stereocenters. The summed E-state index contributed by atoms with van der Waals surface area (Å²) in [5, 5.41) is 2.98. The first kappa shape index (κ1) is 18.9. The summed E-state index contributed by atoms with van der Waals surface area (Å²) < 4.78 is 15.2. The van der Waals surface area contributed by atoms with Gasteiger partial charge in [0.25, 0.3) is 0 Å². The van der Waals surface area contributed by atoms with Gasteiger partial charge in [-0.2, -0.15) is 0 Å². The summed E-state index contributed by atoms with van der Waals surface area (Å²) in [6.45, 7) is 1.67. The maximum atomic E-state index is 12.3. The van der Waals surface area contributed by atoms with Crippen LogP contribution in [0.1, 0.15) is 18.4 Å². The van der Waals surface area contributed by atoms with E-state index in [2.05, 4.69) is 5.32 Å². The molecule has 0 aliphatic carbocycles. The van der Waals surface area contributed by atoms with Gasteiger partial charge in [0.1, 0.15) is 0 Å². The Morgan fingerprint density at radius 2 is 1.80 bits per heavy atom. The van der Waals surface area contributed by atoms with Gasteiger partial charge >= 0.3 is 6.09 Å². The van der Waals surface area contributed by atoms with Crippen LogP contribution in [0.2, 0.25) is 0 Å². The van der Waals surface area contributed by atoms with Gasteiger partial charge in [-0.1, -0.05) is 6.07 Å². The van der Waals surface area contributed by atoms with Gasteiger partial charge in [-0.25, -0.2) is 4.79 Å². The summed E-state index contributed by atoms with van der Waals surface area (Å²) in [5.74, 6) is 1.37. The molecule has 0 aromatic heterocycles. The van der Waals surface area contributed by atoms with Crippen molar-refractivity contribution in [1.82, 2.24) is 10.2 Å². The van der Waals surface area contributed by atoms with Crippen LogP contribution >= 0.6 is 0 Å². The minimum atomic E-state index is -0.327. The molecule has 1 aliphatic heterocycles. The number of likely N-dealkylation sites (tertiary alicyclic amines) is 1. The first-order chi connectivity index (χ1) is 12.1. The van der Waals surface area contributed by atoms with Crippen molar-refractivity contribution >= 4 is 12.0 Å². The van der Waals surface area contributed by atoms with E-state index in [4.69, 9.17) is 14.2 Å². The average Bonchev–Trinajstić information content (AvgIpc) is 2.67.